The summed E-state index contributed by atoms with van der Waals surface area (Å²) in [4.78, 5) is 11.0. The molecule has 0 radical (unpaired) electrons. The second-order valence-electron chi connectivity index (χ2n) is 3.68. The molecule has 0 bridgehead atoms. The molecule has 0 aliphatic heterocycles. The summed E-state index contributed by atoms with van der Waals surface area (Å²) in [5.74, 6) is -0.519. The molecule has 17 heavy (non-hydrogen) atoms. The number of hydrogen-bond acceptors (Lipinski definition) is 3. The number of carbonyl (C=O) groups is 1. The standard InChI is InChI=1S/C12H10BrNO3/c1-7-10(11(12(15)16)14-17-7)6-8-3-2-4-9(13)5-8/h2-5H,6H2,1H3,(H,15,16). The summed E-state index contributed by atoms with van der Waals surface area (Å²) in [6.45, 7) is 1.72. The SMILES string of the molecule is Cc1onc(C(=O)O)c1Cc1cccc(Br)c1. The minimum atomic E-state index is -1.06. The van der Waals surface area contributed by atoms with Crippen molar-refractivity contribution in [3.63, 3.8) is 0 Å². The zero-order valence-electron chi connectivity index (χ0n) is 9.11. The Balaban J connectivity index is 2.36. The van der Waals surface area contributed by atoms with E-state index in [0.29, 0.717) is 17.7 Å². The molecule has 4 nitrogen and oxygen atoms in total. The van der Waals surface area contributed by atoms with Gasteiger partial charge in [0, 0.05) is 16.5 Å². The highest BCUT2D eigenvalue weighted by molar-refractivity contribution is 9.10. The van der Waals surface area contributed by atoms with Crippen LogP contribution >= 0.6 is 15.9 Å². The zero-order valence-corrected chi connectivity index (χ0v) is 10.7. The quantitative estimate of drug-likeness (QED) is 0.945. The lowest BCUT2D eigenvalue weighted by Crippen LogP contribution is -2.02. The van der Waals surface area contributed by atoms with Crippen LogP contribution in [-0.4, -0.2) is 16.2 Å². The normalized spacial score (nSPS) is 10.5. The van der Waals surface area contributed by atoms with Crippen LogP contribution in [0.1, 0.15) is 27.4 Å². The van der Waals surface area contributed by atoms with Gasteiger partial charge in [0.15, 0.2) is 5.69 Å². The first-order valence-corrected chi connectivity index (χ1v) is 5.80. The Morgan fingerprint density at radius 1 is 1.53 bits per heavy atom. The molecule has 0 fully saturated rings. The van der Waals surface area contributed by atoms with E-state index in [0.717, 1.165) is 10.0 Å². The smallest absolute Gasteiger partial charge is 0.358 e. The lowest BCUT2D eigenvalue weighted by atomic mass is 10.0. The van der Waals surface area contributed by atoms with Crippen LogP contribution < -0.4 is 0 Å². The number of aromatic carboxylic acids is 1. The van der Waals surface area contributed by atoms with Gasteiger partial charge in [-0.05, 0) is 24.6 Å². The monoisotopic (exact) mass is 295 g/mol. The van der Waals surface area contributed by atoms with E-state index in [9.17, 15) is 4.79 Å². The van der Waals surface area contributed by atoms with Crippen LogP contribution in [0.15, 0.2) is 33.3 Å². The van der Waals surface area contributed by atoms with Gasteiger partial charge in [-0.2, -0.15) is 0 Å². The molecule has 5 heteroatoms. The molecular weight excluding hydrogens is 286 g/mol. The Hall–Kier alpha value is -1.62. The van der Waals surface area contributed by atoms with E-state index in [2.05, 4.69) is 21.1 Å². The lowest BCUT2D eigenvalue weighted by molar-refractivity contribution is 0.0685. The predicted molar refractivity (Wildman–Crippen MR) is 65.1 cm³/mol. The Morgan fingerprint density at radius 2 is 2.29 bits per heavy atom. The van der Waals surface area contributed by atoms with Crippen LogP contribution in [-0.2, 0) is 6.42 Å². The Bertz CT molecular complexity index is 563. The van der Waals surface area contributed by atoms with Crippen molar-refractivity contribution in [2.45, 2.75) is 13.3 Å². The van der Waals surface area contributed by atoms with Gasteiger partial charge in [-0.25, -0.2) is 4.79 Å². The van der Waals surface area contributed by atoms with Gasteiger partial charge in [0.1, 0.15) is 5.76 Å². The molecule has 2 aromatic rings. The molecule has 1 N–H and O–H groups in total. The molecule has 0 aliphatic rings. The number of nitrogens with zero attached hydrogens (tertiary/aromatic N) is 1. The maximum Gasteiger partial charge on any atom is 0.358 e. The molecule has 0 spiro atoms. The molecule has 0 unspecified atom stereocenters. The number of carboxylic acid groups (broad SMARTS) is 1. The Kier molecular flexibility index (Phi) is 3.28. The average Bonchev–Trinajstić information content (AvgIpc) is 2.61. The molecule has 1 aromatic heterocycles. The average molecular weight is 296 g/mol. The van der Waals surface area contributed by atoms with Crippen molar-refractivity contribution in [2.75, 3.05) is 0 Å². The highest BCUT2D eigenvalue weighted by Crippen LogP contribution is 2.20. The number of carboxylic acids is 1. The third kappa shape index (κ3) is 2.55. The Labute approximate surface area is 106 Å². The number of aryl methyl sites for hydroxylation is 1. The maximum atomic E-state index is 11.0. The second-order valence-corrected chi connectivity index (χ2v) is 4.59. The minimum Gasteiger partial charge on any atom is -0.476 e. The summed E-state index contributed by atoms with van der Waals surface area (Å²) in [6.07, 6.45) is 0.496. The van der Waals surface area contributed by atoms with Crippen molar-refractivity contribution in [1.82, 2.24) is 5.16 Å². The molecule has 0 amide bonds. The van der Waals surface area contributed by atoms with Crippen LogP contribution in [0.5, 0.6) is 0 Å². The van der Waals surface area contributed by atoms with E-state index in [1.807, 2.05) is 24.3 Å². The minimum absolute atomic E-state index is 0.0116. The van der Waals surface area contributed by atoms with E-state index in [-0.39, 0.29) is 5.69 Å². The van der Waals surface area contributed by atoms with Gasteiger partial charge in [-0.15, -0.1) is 0 Å². The molecule has 0 aliphatic carbocycles. The summed E-state index contributed by atoms with van der Waals surface area (Å²) in [6, 6.07) is 7.70. The van der Waals surface area contributed by atoms with Crippen LogP contribution in [0, 0.1) is 6.92 Å². The third-order valence-electron chi connectivity index (χ3n) is 2.46. The van der Waals surface area contributed by atoms with E-state index in [1.165, 1.54) is 0 Å². The Morgan fingerprint density at radius 3 is 2.94 bits per heavy atom. The van der Waals surface area contributed by atoms with Crippen molar-refractivity contribution in [2.24, 2.45) is 0 Å². The van der Waals surface area contributed by atoms with E-state index < -0.39 is 5.97 Å². The van der Waals surface area contributed by atoms with Crippen molar-refractivity contribution in [1.29, 1.82) is 0 Å². The molecule has 0 saturated carbocycles. The topological polar surface area (TPSA) is 63.3 Å². The maximum absolute atomic E-state index is 11.0. The number of halogens is 1. The molecular formula is C12H10BrNO3. The number of benzene rings is 1. The van der Waals surface area contributed by atoms with Crippen LogP contribution in [0.4, 0.5) is 0 Å². The molecule has 0 atom stereocenters. The van der Waals surface area contributed by atoms with Crippen molar-refractivity contribution < 1.29 is 14.4 Å². The molecule has 88 valence electrons. The lowest BCUT2D eigenvalue weighted by Gasteiger charge is -2.01. The van der Waals surface area contributed by atoms with Crippen LogP contribution in [0.3, 0.4) is 0 Å². The summed E-state index contributed by atoms with van der Waals surface area (Å²) < 4.78 is 5.88. The first-order chi connectivity index (χ1) is 8.08. The molecule has 1 aromatic carbocycles. The first-order valence-electron chi connectivity index (χ1n) is 5.01. The van der Waals surface area contributed by atoms with E-state index in [1.54, 1.807) is 6.92 Å². The van der Waals surface area contributed by atoms with Crippen LogP contribution in [0.2, 0.25) is 0 Å². The second kappa shape index (κ2) is 4.71. The molecule has 1 heterocycles. The number of aromatic nitrogens is 1. The number of rotatable bonds is 3. The number of hydrogen-bond donors (Lipinski definition) is 1. The fourth-order valence-corrected chi connectivity index (χ4v) is 2.07. The third-order valence-corrected chi connectivity index (χ3v) is 2.95. The molecule has 0 saturated heterocycles. The summed E-state index contributed by atoms with van der Waals surface area (Å²) >= 11 is 3.38. The summed E-state index contributed by atoms with van der Waals surface area (Å²) in [5, 5.41) is 12.5. The van der Waals surface area contributed by atoms with Gasteiger partial charge in [0.05, 0.1) is 0 Å². The van der Waals surface area contributed by atoms with Crippen molar-refractivity contribution >= 4 is 21.9 Å². The highest BCUT2D eigenvalue weighted by Gasteiger charge is 2.18. The van der Waals surface area contributed by atoms with Gasteiger partial charge in [0.2, 0.25) is 0 Å². The van der Waals surface area contributed by atoms with Crippen LogP contribution in [0.25, 0.3) is 0 Å². The van der Waals surface area contributed by atoms with E-state index >= 15 is 0 Å². The predicted octanol–water partition coefficient (Wildman–Crippen LogP) is 3.03. The first kappa shape index (κ1) is 11.9. The fraction of sp³-hybridized carbons (Fsp3) is 0.167. The van der Waals surface area contributed by atoms with Gasteiger partial charge < -0.3 is 9.63 Å². The van der Waals surface area contributed by atoms with Gasteiger partial charge >= 0.3 is 5.97 Å². The van der Waals surface area contributed by atoms with Crippen molar-refractivity contribution in [3.8, 4) is 0 Å². The van der Waals surface area contributed by atoms with Gasteiger partial charge in [0.25, 0.3) is 0 Å². The van der Waals surface area contributed by atoms with Gasteiger partial charge in [-0.3, -0.25) is 0 Å². The largest absolute Gasteiger partial charge is 0.476 e. The highest BCUT2D eigenvalue weighted by atomic mass is 79.9. The van der Waals surface area contributed by atoms with Crippen molar-refractivity contribution in [3.05, 3.63) is 51.3 Å². The summed E-state index contributed by atoms with van der Waals surface area (Å²) in [5.41, 5.74) is 1.62. The van der Waals surface area contributed by atoms with E-state index in [4.69, 9.17) is 9.63 Å². The summed E-state index contributed by atoms with van der Waals surface area (Å²) in [7, 11) is 0. The zero-order chi connectivity index (χ0) is 12.4. The molecule has 2 rings (SSSR count). The van der Waals surface area contributed by atoms with Gasteiger partial charge in [-0.1, -0.05) is 33.2 Å². The fourth-order valence-electron chi connectivity index (χ4n) is 1.62.